The van der Waals surface area contributed by atoms with Crippen LogP contribution in [-0.4, -0.2) is 59.9 Å². The summed E-state index contributed by atoms with van der Waals surface area (Å²) in [5.74, 6) is 1.51. The van der Waals surface area contributed by atoms with Crippen LogP contribution in [0.3, 0.4) is 0 Å². The van der Waals surface area contributed by atoms with Gasteiger partial charge in [-0.1, -0.05) is 24.3 Å². The van der Waals surface area contributed by atoms with Crippen molar-refractivity contribution in [2.75, 3.05) is 33.2 Å². The number of nitrogens with one attached hydrogen (secondary N) is 1. The predicted molar refractivity (Wildman–Crippen MR) is 102 cm³/mol. The molecule has 2 unspecified atom stereocenters. The van der Waals surface area contributed by atoms with Crippen LogP contribution in [0.2, 0.25) is 0 Å². The Morgan fingerprint density at radius 2 is 1.88 bits per heavy atom. The molecule has 1 aliphatic carbocycles. The Hall–Kier alpha value is -2.40. The highest BCUT2D eigenvalue weighted by Crippen LogP contribution is 2.26. The Labute approximate surface area is 149 Å². The number of nitrogens with zero attached hydrogens (tertiary/aromatic N) is 4. The number of allylic oxidation sites excluding steroid dienone is 3. The fourth-order valence-corrected chi connectivity index (χ4v) is 3.59. The maximum Gasteiger partial charge on any atom is 0.156 e. The monoisotopic (exact) mass is 335 g/mol. The van der Waals surface area contributed by atoms with E-state index in [1.54, 1.807) is 0 Å². The molecule has 5 nitrogen and oxygen atoms in total. The van der Waals surface area contributed by atoms with Gasteiger partial charge in [-0.15, -0.1) is 0 Å². The van der Waals surface area contributed by atoms with Crippen LogP contribution in [0.4, 0.5) is 0 Å². The van der Waals surface area contributed by atoms with Gasteiger partial charge >= 0.3 is 0 Å². The van der Waals surface area contributed by atoms with Crippen LogP contribution < -0.4 is 5.43 Å². The molecular weight excluding hydrogens is 310 g/mol. The first-order chi connectivity index (χ1) is 12.3. The standard InChI is InChI=1S/C20H25N5/c1-24-11-13-25(14-12-24)20-18(16-7-9-21-10-8-16)15-19(22-23-20)17-5-3-2-4-6-17/h2-5,7-10,15,17,19,22H,6,11-14H2,1H3. The van der Waals surface area contributed by atoms with Crippen molar-refractivity contribution in [1.82, 2.24) is 20.2 Å². The number of hydrazone groups is 1. The zero-order valence-electron chi connectivity index (χ0n) is 14.7. The van der Waals surface area contributed by atoms with Gasteiger partial charge in [0.25, 0.3) is 0 Å². The summed E-state index contributed by atoms with van der Waals surface area (Å²) >= 11 is 0. The van der Waals surface area contributed by atoms with Crippen molar-refractivity contribution in [3.05, 3.63) is 60.5 Å². The second-order valence-electron chi connectivity index (χ2n) is 6.91. The zero-order chi connectivity index (χ0) is 17.1. The van der Waals surface area contributed by atoms with E-state index in [0.717, 1.165) is 38.4 Å². The Morgan fingerprint density at radius 1 is 1.08 bits per heavy atom. The minimum absolute atomic E-state index is 0.223. The molecule has 0 spiro atoms. The topological polar surface area (TPSA) is 43.8 Å². The van der Waals surface area contributed by atoms with Gasteiger partial charge in [0.1, 0.15) is 0 Å². The van der Waals surface area contributed by atoms with Gasteiger partial charge in [-0.25, -0.2) is 0 Å². The van der Waals surface area contributed by atoms with E-state index in [9.17, 15) is 0 Å². The van der Waals surface area contributed by atoms with Crippen LogP contribution in [0, 0.1) is 5.92 Å². The molecule has 1 N–H and O–H groups in total. The largest absolute Gasteiger partial charge is 0.352 e. The lowest BCUT2D eigenvalue weighted by molar-refractivity contribution is 0.215. The number of aromatic nitrogens is 1. The maximum atomic E-state index is 4.82. The molecule has 25 heavy (non-hydrogen) atoms. The molecule has 130 valence electrons. The van der Waals surface area contributed by atoms with E-state index < -0.39 is 0 Å². The van der Waals surface area contributed by atoms with Crippen molar-refractivity contribution in [2.24, 2.45) is 11.0 Å². The van der Waals surface area contributed by atoms with E-state index in [0.29, 0.717) is 5.92 Å². The minimum Gasteiger partial charge on any atom is -0.352 e. The van der Waals surface area contributed by atoms with Gasteiger partial charge in [0, 0.05) is 50.1 Å². The highest BCUT2D eigenvalue weighted by molar-refractivity contribution is 6.23. The molecule has 4 rings (SSSR count). The number of likely N-dealkylation sites (N-methyl/N-ethyl adjacent to an activating group) is 1. The van der Waals surface area contributed by atoms with Crippen molar-refractivity contribution in [1.29, 1.82) is 0 Å². The summed E-state index contributed by atoms with van der Waals surface area (Å²) in [4.78, 5) is 8.93. The first kappa shape index (κ1) is 16.1. The molecule has 0 bridgehead atoms. The average Bonchev–Trinajstić information content (AvgIpc) is 2.70. The lowest BCUT2D eigenvalue weighted by atomic mass is 9.89. The molecule has 0 radical (unpaired) electrons. The number of hydrogen-bond donors (Lipinski definition) is 1. The number of pyridine rings is 1. The molecule has 0 aromatic carbocycles. The number of piperazine rings is 1. The van der Waals surface area contributed by atoms with Gasteiger partial charge in [0.15, 0.2) is 5.84 Å². The summed E-state index contributed by atoms with van der Waals surface area (Å²) in [5.41, 5.74) is 5.81. The van der Waals surface area contributed by atoms with Crippen molar-refractivity contribution < 1.29 is 0 Å². The van der Waals surface area contributed by atoms with E-state index >= 15 is 0 Å². The maximum absolute atomic E-state index is 4.82. The third kappa shape index (κ3) is 3.51. The van der Waals surface area contributed by atoms with Crippen LogP contribution in [0.5, 0.6) is 0 Å². The third-order valence-electron chi connectivity index (χ3n) is 5.18. The van der Waals surface area contributed by atoms with Gasteiger partial charge in [0.2, 0.25) is 0 Å². The molecule has 1 aromatic rings. The molecule has 1 aromatic heterocycles. The normalized spacial score (nSPS) is 26.8. The van der Waals surface area contributed by atoms with Crippen molar-refractivity contribution >= 4 is 11.4 Å². The average molecular weight is 335 g/mol. The van der Waals surface area contributed by atoms with Crippen LogP contribution >= 0.6 is 0 Å². The summed E-state index contributed by atoms with van der Waals surface area (Å²) in [7, 11) is 2.18. The summed E-state index contributed by atoms with van der Waals surface area (Å²) in [6.07, 6.45) is 15.9. The summed E-state index contributed by atoms with van der Waals surface area (Å²) in [6.45, 7) is 4.16. The Morgan fingerprint density at radius 3 is 2.60 bits per heavy atom. The van der Waals surface area contributed by atoms with Crippen molar-refractivity contribution in [3.63, 3.8) is 0 Å². The molecule has 2 aliphatic heterocycles. The lowest BCUT2D eigenvalue weighted by Gasteiger charge is -2.37. The van der Waals surface area contributed by atoms with E-state index in [2.05, 4.69) is 69.8 Å². The van der Waals surface area contributed by atoms with Crippen LogP contribution in [0.15, 0.2) is 60.0 Å². The number of hydrogen-bond acceptors (Lipinski definition) is 5. The van der Waals surface area contributed by atoms with Gasteiger partial charge in [0.05, 0.1) is 6.04 Å². The molecule has 2 atom stereocenters. The van der Waals surface area contributed by atoms with Crippen LogP contribution in [0.25, 0.3) is 5.57 Å². The molecule has 0 amide bonds. The number of amidine groups is 1. The van der Waals surface area contributed by atoms with E-state index in [1.807, 2.05) is 12.4 Å². The second kappa shape index (κ2) is 7.23. The quantitative estimate of drug-likeness (QED) is 0.899. The minimum atomic E-state index is 0.223. The molecule has 1 saturated heterocycles. The van der Waals surface area contributed by atoms with E-state index in [-0.39, 0.29) is 6.04 Å². The van der Waals surface area contributed by atoms with Crippen molar-refractivity contribution in [3.8, 4) is 0 Å². The van der Waals surface area contributed by atoms with Gasteiger partial charge in [-0.3, -0.25) is 4.98 Å². The molecule has 1 fully saturated rings. The molecular formula is C20H25N5. The number of rotatable bonds is 2. The Kier molecular flexibility index (Phi) is 4.65. The Bertz CT molecular complexity index is 711. The first-order valence-electron chi connectivity index (χ1n) is 9.04. The molecule has 5 heteroatoms. The van der Waals surface area contributed by atoms with Crippen LogP contribution in [0.1, 0.15) is 12.0 Å². The van der Waals surface area contributed by atoms with E-state index in [1.165, 1.54) is 11.1 Å². The molecule has 3 heterocycles. The van der Waals surface area contributed by atoms with Crippen molar-refractivity contribution in [2.45, 2.75) is 12.5 Å². The summed E-state index contributed by atoms with van der Waals surface area (Å²) < 4.78 is 0. The highest BCUT2D eigenvalue weighted by atomic mass is 15.4. The molecule has 3 aliphatic rings. The SMILES string of the molecule is CN1CCN(C2=NNC(C3C=CC=CC3)C=C2c2ccncc2)CC1. The van der Waals surface area contributed by atoms with Gasteiger partial charge in [-0.05, 0) is 37.2 Å². The third-order valence-corrected chi connectivity index (χ3v) is 5.18. The van der Waals surface area contributed by atoms with Gasteiger partial charge in [-0.2, -0.15) is 5.10 Å². The summed E-state index contributed by atoms with van der Waals surface area (Å²) in [5, 5.41) is 4.82. The summed E-state index contributed by atoms with van der Waals surface area (Å²) in [6, 6.07) is 4.38. The Balaban J connectivity index is 1.62. The zero-order valence-corrected chi connectivity index (χ0v) is 14.7. The van der Waals surface area contributed by atoms with E-state index in [4.69, 9.17) is 5.10 Å². The predicted octanol–water partition coefficient (Wildman–Crippen LogP) is 2.13. The van der Waals surface area contributed by atoms with Gasteiger partial charge < -0.3 is 15.2 Å². The lowest BCUT2D eigenvalue weighted by Crippen LogP contribution is -2.49. The second-order valence-corrected chi connectivity index (χ2v) is 6.91. The fourth-order valence-electron chi connectivity index (χ4n) is 3.59. The first-order valence-corrected chi connectivity index (χ1v) is 9.04. The highest BCUT2D eigenvalue weighted by Gasteiger charge is 2.28. The smallest absolute Gasteiger partial charge is 0.156 e. The fraction of sp³-hybridized carbons (Fsp3) is 0.400. The van der Waals surface area contributed by atoms with Crippen LogP contribution in [-0.2, 0) is 0 Å². The molecule has 0 saturated carbocycles.